The van der Waals surface area contributed by atoms with Crippen LogP contribution in [0.4, 0.5) is 0 Å². The molecule has 0 radical (unpaired) electrons. The van der Waals surface area contributed by atoms with Gasteiger partial charge in [0.1, 0.15) is 11.5 Å². The standard InChI is InChI=1S/C14H21NO3/c1-11-4-5-12(18-11)6-9-15(2)10-14(7-8-14)13(16)17-3/h4-5H,6-10H2,1-3H3. The quantitative estimate of drug-likeness (QED) is 0.725. The summed E-state index contributed by atoms with van der Waals surface area (Å²) < 4.78 is 10.4. The van der Waals surface area contributed by atoms with E-state index in [0.29, 0.717) is 0 Å². The smallest absolute Gasteiger partial charge is 0.313 e. The maximum atomic E-state index is 11.6. The van der Waals surface area contributed by atoms with Crippen LogP contribution >= 0.6 is 0 Å². The van der Waals surface area contributed by atoms with Crippen molar-refractivity contribution in [2.24, 2.45) is 5.41 Å². The average Bonchev–Trinajstić information content (AvgIpc) is 3.01. The highest BCUT2D eigenvalue weighted by Crippen LogP contribution is 2.47. The van der Waals surface area contributed by atoms with Crippen molar-refractivity contribution < 1.29 is 13.9 Å². The highest BCUT2D eigenvalue weighted by atomic mass is 16.5. The Morgan fingerprint density at radius 3 is 2.72 bits per heavy atom. The minimum absolute atomic E-state index is 0.0665. The number of methoxy groups -OCH3 is 1. The highest BCUT2D eigenvalue weighted by Gasteiger charge is 2.51. The van der Waals surface area contributed by atoms with Crippen LogP contribution in [0.5, 0.6) is 0 Å². The molecule has 0 spiro atoms. The second kappa shape index (κ2) is 5.14. The van der Waals surface area contributed by atoms with Crippen LogP contribution in [0.3, 0.4) is 0 Å². The predicted octanol–water partition coefficient (Wildman–Crippen LogP) is 2.02. The van der Waals surface area contributed by atoms with E-state index in [4.69, 9.17) is 9.15 Å². The van der Waals surface area contributed by atoms with Gasteiger partial charge in [-0.25, -0.2) is 0 Å². The number of likely N-dealkylation sites (N-methyl/N-ethyl adjacent to an activating group) is 1. The molecule has 0 unspecified atom stereocenters. The first-order valence-corrected chi connectivity index (χ1v) is 6.38. The van der Waals surface area contributed by atoms with Crippen LogP contribution in [-0.4, -0.2) is 38.1 Å². The van der Waals surface area contributed by atoms with Gasteiger partial charge in [0.05, 0.1) is 12.5 Å². The number of ether oxygens (including phenoxy) is 1. The van der Waals surface area contributed by atoms with Gasteiger partial charge in [-0.1, -0.05) is 0 Å². The molecule has 1 aliphatic rings. The van der Waals surface area contributed by atoms with E-state index in [0.717, 1.165) is 43.9 Å². The Morgan fingerprint density at radius 2 is 2.22 bits per heavy atom. The zero-order valence-corrected chi connectivity index (χ0v) is 11.4. The van der Waals surface area contributed by atoms with Crippen molar-refractivity contribution in [1.29, 1.82) is 0 Å². The SMILES string of the molecule is COC(=O)C1(CN(C)CCc2ccc(C)o2)CC1. The van der Waals surface area contributed by atoms with Crippen LogP contribution in [-0.2, 0) is 16.0 Å². The second-order valence-corrected chi connectivity index (χ2v) is 5.27. The molecule has 1 saturated carbocycles. The molecular weight excluding hydrogens is 230 g/mol. The van der Waals surface area contributed by atoms with Crippen molar-refractivity contribution >= 4 is 5.97 Å². The molecule has 0 N–H and O–H groups in total. The Labute approximate surface area is 108 Å². The molecular formula is C14H21NO3. The molecule has 18 heavy (non-hydrogen) atoms. The van der Waals surface area contributed by atoms with Gasteiger partial charge in [-0.15, -0.1) is 0 Å². The van der Waals surface area contributed by atoms with Crippen molar-refractivity contribution in [2.45, 2.75) is 26.2 Å². The fraction of sp³-hybridized carbons (Fsp3) is 0.643. The summed E-state index contributed by atoms with van der Waals surface area (Å²) in [4.78, 5) is 13.8. The highest BCUT2D eigenvalue weighted by molar-refractivity contribution is 5.80. The molecule has 100 valence electrons. The third kappa shape index (κ3) is 2.93. The van der Waals surface area contributed by atoms with Gasteiger partial charge in [0, 0.05) is 19.5 Å². The molecule has 0 bridgehead atoms. The summed E-state index contributed by atoms with van der Waals surface area (Å²) in [5, 5.41) is 0. The van der Waals surface area contributed by atoms with E-state index in [1.807, 2.05) is 26.1 Å². The van der Waals surface area contributed by atoms with E-state index in [1.165, 1.54) is 7.11 Å². The summed E-state index contributed by atoms with van der Waals surface area (Å²) >= 11 is 0. The first-order chi connectivity index (χ1) is 8.55. The maximum Gasteiger partial charge on any atom is 0.313 e. The lowest BCUT2D eigenvalue weighted by molar-refractivity contribution is -0.147. The Morgan fingerprint density at radius 1 is 1.50 bits per heavy atom. The zero-order chi connectivity index (χ0) is 13.2. The van der Waals surface area contributed by atoms with Crippen LogP contribution in [0.2, 0.25) is 0 Å². The third-order valence-electron chi connectivity index (χ3n) is 3.58. The van der Waals surface area contributed by atoms with Crippen molar-refractivity contribution in [3.63, 3.8) is 0 Å². The van der Waals surface area contributed by atoms with Crippen molar-refractivity contribution in [3.05, 3.63) is 23.7 Å². The molecule has 0 aliphatic heterocycles. The van der Waals surface area contributed by atoms with Gasteiger partial charge < -0.3 is 14.1 Å². The Hall–Kier alpha value is -1.29. The number of rotatable bonds is 6. The predicted molar refractivity (Wildman–Crippen MR) is 68.3 cm³/mol. The molecule has 4 heteroatoms. The topological polar surface area (TPSA) is 42.7 Å². The van der Waals surface area contributed by atoms with Gasteiger partial charge in [0.2, 0.25) is 0 Å². The van der Waals surface area contributed by atoms with Crippen molar-refractivity contribution in [3.8, 4) is 0 Å². The number of hydrogen-bond donors (Lipinski definition) is 0. The number of furan rings is 1. The van der Waals surface area contributed by atoms with Gasteiger partial charge in [0.25, 0.3) is 0 Å². The molecule has 1 fully saturated rings. The molecule has 1 aromatic rings. The summed E-state index contributed by atoms with van der Waals surface area (Å²) in [7, 11) is 3.51. The minimum Gasteiger partial charge on any atom is -0.469 e. The van der Waals surface area contributed by atoms with Crippen LogP contribution in [0.25, 0.3) is 0 Å². The monoisotopic (exact) mass is 251 g/mol. The normalized spacial score (nSPS) is 16.9. The second-order valence-electron chi connectivity index (χ2n) is 5.27. The number of carbonyl (C=O) groups is 1. The zero-order valence-electron chi connectivity index (χ0n) is 11.4. The molecule has 1 aliphatic carbocycles. The largest absolute Gasteiger partial charge is 0.469 e. The molecule has 0 saturated heterocycles. The lowest BCUT2D eigenvalue weighted by Gasteiger charge is -2.21. The van der Waals surface area contributed by atoms with E-state index in [9.17, 15) is 4.79 Å². The molecule has 1 heterocycles. The first-order valence-electron chi connectivity index (χ1n) is 6.38. The van der Waals surface area contributed by atoms with Crippen LogP contribution in [0.1, 0.15) is 24.4 Å². The Kier molecular flexibility index (Phi) is 3.76. The van der Waals surface area contributed by atoms with Crippen molar-refractivity contribution in [1.82, 2.24) is 4.90 Å². The van der Waals surface area contributed by atoms with Crippen molar-refractivity contribution in [2.75, 3.05) is 27.2 Å². The fourth-order valence-corrected chi connectivity index (χ4v) is 2.31. The lowest BCUT2D eigenvalue weighted by Crippen LogP contribution is -2.33. The van der Waals surface area contributed by atoms with E-state index in [-0.39, 0.29) is 11.4 Å². The molecule has 2 rings (SSSR count). The molecule has 4 nitrogen and oxygen atoms in total. The number of aryl methyl sites for hydroxylation is 1. The number of hydrogen-bond acceptors (Lipinski definition) is 4. The van der Waals surface area contributed by atoms with E-state index in [2.05, 4.69) is 4.90 Å². The van der Waals surface area contributed by atoms with E-state index >= 15 is 0 Å². The molecule has 0 atom stereocenters. The summed E-state index contributed by atoms with van der Waals surface area (Å²) in [6.07, 6.45) is 2.77. The van der Waals surface area contributed by atoms with E-state index < -0.39 is 0 Å². The van der Waals surface area contributed by atoms with Crippen LogP contribution < -0.4 is 0 Å². The maximum absolute atomic E-state index is 11.6. The number of nitrogens with zero attached hydrogens (tertiary/aromatic N) is 1. The van der Waals surface area contributed by atoms with Gasteiger partial charge in [-0.2, -0.15) is 0 Å². The average molecular weight is 251 g/mol. The summed E-state index contributed by atoms with van der Waals surface area (Å²) in [5.74, 6) is 1.88. The van der Waals surface area contributed by atoms with E-state index in [1.54, 1.807) is 0 Å². The van der Waals surface area contributed by atoms with Gasteiger partial charge >= 0.3 is 5.97 Å². The minimum atomic E-state index is -0.234. The summed E-state index contributed by atoms with van der Waals surface area (Å²) in [5.41, 5.74) is -0.234. The summed E-state index contributed by atoms with van der Waals surface area (Å²) in [6.45, 7) is 3.62. The first kappa shape index (κ1) is 13.1. The molecule has 0 aromatic carbocycles. The fourth-order valence-electron chi connectivity index (χ4n) is 2.31. The third-order valence-corrected chi connectivity index (χ3v) is 3.58. The molecule has 1 aromatic heterocycles. The van der Waals surface area contributed by atoms with Crippen LogP contribution in [0, 0.1) is 12.3 Å². The lowest BCUT2D eigenvalue weighted by atomic mass is 10.1. The van der Waals surface area contributed by atoms with Gasteiger partial charge in [-0.05, 0) is 38.9 Å². The Bertz CT molecular complexity index is 420. The number of carbonyl (C=O) groups excluding carboxylic acids is 1. The number of esters is 1. The van der Waals surface area contributed by atoms with Gasteiger partial charge in [-0.3, -0.25) is 4.79 Å². The van der Waals surface area contributed by atoms with Gasteiger partial charge in [0.15, 0.2) is 0 Å². The van der Waals surface area contributed by atoms with Crippen LogP contribution in [0.15, 0.2) is 16.5 Å². The Balaban J connectivity index is 1.79. The summed E-state index contributed by atoms with van der Waals surface area (Å²) in [6, 6.07) is 3.99. The molecule has 0 amide bonds.